The summed E-state index contributed by atoms with van der Waals surface area (Å²) in [5.41, 5.74) is 3.27. The van der Waals surface area contributed by atoms with Crippen LogP contribution >= 0.6 is 22.9 Å². The van der Waals surface area contributed by atoms with Crippen LogP contribution in [0.25, 0.3) is 17.3 Å². The molecule has 5 nitrogen and oxygen atoms in total. The third-order valence-corrected chi connectivity index (χ3v) is 6.21. The molecule has 0 radical (unpaired) electrons. The number of rotatable bonds is 8. The molecule has 178 valence electrons. The number of benzene rings is 3. The Morgan fingerprint density at radius 1 is 1.09 bits per heavy atom. The van der Waals surface area contributed by atoms with Gasteiger partial charge in [0, 0.05) is 21.5 Å². The zero-order chi connectivity index (χ0) is 24.8. The molecule has 3 aromatic carbocycles. The van der Waals surface area contributed by atoms with Gasteiger partial charge in [-0.3, -0.25) is 10.1 Å². The van der Waals surface area contributed by atoms with Crippen molar-refractivity contribution >= 4 is 40.1 Å². The van der Waals surface area contributed by atoms with Crippen LogP contribution in [0.4, 0.5) is 9.52 Å². The van der Waals surface area contributed by atoms with Gasteiger partial charge >= 0.3 is 0 Å². The molecule has 0 spiro atoms. The van der Waals surface area contributed by atoms with E-state index in [1.165, 1.54) is 29.5 Å². The Bertz CT molecular complexity index is 1350. The lowest BCUT2D eigenvalue weighted by Gasteiger charge is -2.11. The van der Waals surface area contributed by atoms with E-state index in [2.05, 4.69) is 10.3 Å². The molecule has 1 amide bonds. The molecular formula is C27H22ClFN2O3S. The zero-order valence-corrected chi connectivity index (χ0v) is 20.6. The first-order chi connectivity index (χ1) is 16.9. The first-order valence-corrected chi connectivity index (χ1v) is 11.9. The lowest BCUT2D eigenvalue weighted by atomic mass is 10.1. The monoisotopic (exact) mass is 508 g/mol. The standard InChI is InChI=1S/C27H22ClFN2O3S/c1-17-26(20-7-11-22(29)12-8-20)31-27(35-17)30-25(32)14-6-18-5-13-23(24(15-18)33-2)34-16-19-3-9-21(28)10-4-19/h3-15H,16H2,1-2H3,(H,30,31,32)/b14-6+. The van der Waals surface area contributed by atoms with Crippen molar-refractivity contribution in [1.29, 1.82) is 0 Å². The number of hydrogen-bond donors (Lipinski definition) is 1. The van der Waals surface area contributed by atoms with Gasteiger partial charge in [-0.15, -0.1) is 11.3 Å². The molecule has 1 N–H and O–H groups in total. The summed E-state index contributed by atoms with van der Waals surface area (Å²) >= 11 is 7.28. The fourth-order valence-corrected chi connectivity index (χ4v) is 4.26. The van der Waals surface area contributed by atoms with Crippen LogP contribution in [0.3, 0.4) is 0 Å². The Kier molecular flexibility index (Phi) is 7.80. The van der Waals surface area contributed by atoms with Crippen LogP contribution in [0, 0.1) is 12.7 Å². The number of aryl methyl sites for hydroxylation is 1. The molecule has 0 fully saturated rings. The summed E-state index contributed by atoms with van der Waals surface area (Å²) in [4.78, 5) is 17.9. The first kappa shape index (κ1) is 24.4. The minimum atomic E-state index is -0.313. The Hall–Kier alpha value is -3.68. The SMILES string of the molecule is COc1cc(/C=C/C(=O)Nc2nc(-c3ccc(F)cc3)c(C)s2)ccc1OCc1ccc(Cl)cc1. The number of anilines is 1. The maximum atomic E-state index is 13.2. The van der Waals surface area contributed by atoms with E-state index >= 15 is 0 Å². The van der Waals surface area contributed by atoms with Crippen LogP contribution in [0.2, 0.25) is 5.02 Å². The van der Waals surface area contributed by atoms with Crippen molar-refractivity contribution in [3.8, 4) is 22.8 Å². The number of halogens is 2. The van der Waals surface area contributed by atoms with Crippen molar-refractivity contribution in [2.45, 2.75) is 13.5 Å². The summed E-state index contributed by atoms with van der Waals surface area (Å²) in [5, 5.41) is 3.92. The predicted octanol–water partition coefficient (Wildman–Crippen LogP) is 7.15. The third-order valence-electron chi connectivity index (χ3n) is 5.07. The van der Waals surface area contributed by atoms with Crippen molar-refractivity contribution in [3.63, 3.8) is 0 Å². The molecule has 35 heavy (non-hydrogen) atoms. The third kappa shape index (κ3) is 6.47. The molecule has 0 aliphatic rings. The summed E-state index contributed by atoms with van der Waals surface area (Å²) in [6, 6.07) is 19.0. The maximum absolute atomic E-state index is 13.2. The second kappa shape index (κ2) is 11.2. The highest BCUT2D eigenvalue weighted by Gasteiger charge is 2.12. The molecule has 8 heteroatoms. The fraction of sp³-hybridized carbons (Fsp3) is 0.111. The van der Waals surface area contributed by atoms with Crippen LogP contribution in [-0.2, 0) is 11.4 Å². The average Bonchev–Trinajstić information content (AvgIpc) is 3.22. The van der Waals surface area contributed by atoms with Crippen LogP contribution < -0.4 is 14.8 Å². The number of thiazole rings is 1. The molecule has 4 rings (SSSR count). The van der Waals surface area contributed by atoms with Crippen LogP contribution in [0.1, 0.15) is 16.0 Å². The van der Waals surface area contributed by atoms with Crippen molar-refractivity contribution in [2.24, 2.45) is 0 Å². The number of hydrogen-bond acceptors (Lipinski definition) is 5. The van der Waals surface area contributed by atoms with E-state index in [4.69, 9.17) is 21.1 Å². The average molecular weight is 509 g/mol. The van der Waals surface area contributed by atoms with Crippen molar-refractivity contribution < 1.29 is 18.7 Å². The van der Waals surface area contributed by atoms with Crippen LogP contribution in [0.5, 0.6) is 11.5 Å². The fourth-order valence-electron chi connectivity index (χ4n) is 3.29. The Labute approximate surface area is 211 Å². The van der Waals surface area contributed by atoms with Crippen molar-refractivity contribution in [1.82, 2.24) is 4.98 Å². The number of ether oxygens (including phenoxy) is 2. The minimum Gasteiger partial charge on any atom is -0.493 e. The quantitative estimate of drug-likeness (QED) is 0.257. The minimum absolute atomic E-state index is 0.307. The molecule has 0 bridgehead atoms. The molecule has 0 unspecified atom stereocenters. The molecule has 1 aromatic heterocycles. The summed E-state index contributed by atoms with van der Waals surface area (Å²) in [5.74, 6) is 0.529. The molecule has 0 aliphatic heterocycles. The normalized spacial score (nSPS) is 11.0. The highest BCUT2D eigenvalue weighted by molar-refractivity contribution is 7.16. The van der Waals surface area contributed by atoms with E-state index in [1.54, 1.807) is 37.5 Å². The topological polar surface area (TPSA) is 60.5 Å². The van der Waals surface area contributed by atoms with E-state index in [1.807, 2.05) is 37.3 Å². The van der Waals surface area contributed by atoms with E-state index in [9.17, 15) is 9.18 Å². The molecule has 4 aromatic rings. The van der Waals surface area contributed by atoms with Gasteiger partial charge < -0.3 is 9.47 Å². The first-order valence-electron chi connectivity index (χ1n) is 10.7. The number of nitrogens with one attached hydrogen (secondary N) is 1. The molecule has 0 saturated heterocycles. The van der Waals surface area contributed by atoms with E-state index in [-0.39, 0.29) is 11.7 Å². The number of methoxy groups -OCH3 is 1. The molecule has 0 saturated carbocycles. The molecule has 0 atom stereocenters. The van der Waals surface area contributed by atoms with Crippen LogP contribution in [0.15, 0.2) is 72.8 Å². The van der Waals surface area contributed by atoms with Gasteiger partial charge in [-0.05, 0) is 72.7 Å². The number of aromatic nitrogens is 1. The smallest absolute Gasteiger partial charge is 0.250 e. The highest BCUT2D eigenvalue weighted by atomic mass is 35.5. The Balaban J connectivity index is 1.39. The predicted molar refractivity (Wildman–Crippen MR) is 139 cm³/mol. The highest BCUT2D eigenvalue weighted by Crippen LogP contribution is 2.31. The number of amides is 1. The van der Waals surface area contributed by atoms with E-state index < -0.39 is 0 Å². The van der Waals surface area contributed by atoms with Gasteiger partial charge in [0.2, 0.25) is 5.91 Å². The Morgan fingerprint density at radius 3 is 2.54 bits per heavy atom. The van der Waals surface area contributed by atoms with Crippen molar-refractivity contribution in [2.75, 3.05) is 12.4 Å². The maximum Gasteiger partial charge on any atom is 0.250 e. The van der Waals surface area contributed by atoms with E-state index in [0.717, 1.165) is 21.6 Å². The second-order valence-electron chi connectivity index (χ2n) is 7.58. The zero-order valence-electron chi connectivity index (χ0n) is 19.0. The number of carbonyl (C=O) groups is 1. The van der Waals surface area contributed by atoms with Gasteiger partial charge in [-0.25, -0.2) is 9.37 Å². The molecule has 0 aliphatic carbocycles. The summed E-state index contributed by atoms with van der Waals surface area (Å²) in [6.45, 7) is 2.28. The number of nitrogens with zero attached hydrogens (tertiary/aromatic N) is 1. The van der Waals surface area contributed by atoms with Gasteiger partial charge in [0.15, 0.2) is 16.6 Å². The van der Waals surface area contributed by atoms with Crippen molar-refractivity contribution in [3.05, 3.63) is 99.6 Å². The van der Waals surface area contributed by atoms with Gasteiger partial charge in [0.1, 0.15) is 12.4 Å². The lowest BCUT2D eigenvalue weighted by molar-refractivity contribution is -0.111. The van der Waals surface area contributed by atoms with Gasteiger partial charge in [0.25, 0.3) is 0 Å². The van der Waals surface area contributed by atoms with Gasteiger partial charge in [-0.1, -0.05) is 29.8 Å². The van der Waals surface area contributed by atoms with Gasteiger partial charge in [0.05, 0.1) is 12.8 Å². The Morgan fingerprint density at radius 2 is 1.83 bits per heavy atom. The number of carbonyl (C=O) groups excluding carboxylic acids is 1. The van der Waals surface area contributed by atoms with Crippen LogP contribution in [-0.4, -0.2) is 18.0 Å². The van der Waals surface area contributed by atoms with E-state index in [0.29, 0.717) is 34.0 Å². The van der Waals surface area contributed by atoms with Gasteiger partial charge in [-0.2, -0.15) is 0 Å². The largest absolute Gasteiger partial charge is 0.493 e. The lowest BCUT2D eigenvalue weighted by Crippen LogP contribution is -2.07. The second-order valence-corrected chi connectivity index (χ2v) is 9.22. The molecular weight excluding hydrogens is 487 g/mol. The molecule has 1 heterocycles. The summed E-state index contributed by atoms with van der Waals surface area (Å²) in [7, 11) is 1.56. The summed E-state index contributed by atoms with van der Waals surface area (Å²) < 4.78 is 24.5. The summed E-state index contributed by atoms with van der Waals surface area (Å²) in [6.07, 6.45) is 3.11.